The van der Waals surface area contributed by atoms with E-state index in [0.717, 1.165) is 30.4 Å². The van der Waals surface area contributed by atoms with Gasteiger partial charge in [0.25, 0.3) is 5.91 Å². The number of carbonyl (C=O) groups excluding carboxylic acids is 1. The molecule has 0 saturated heterocycles. The van der Waals surface area contributed by atoms with Crippen LogP contribution in [0, 0.1) is 5.41 Å². The largest absolute Gasteiger partial charge is 0.351 e. The number of hydrogen-bond donors (Lipinski definition) is 2. The Labute approximate surface area is 115 Å². The van der Waals surface area contributed by atoms with Gasteiger partial charge in [0.05, 0.1) is 0 Å². The molecule has 3 N–H and O–H groups in total. The normalized spacial score (nSPS) is 17.4. The molecule has 1 aromatic rings. The smallest absolute Gasteiger partial charge is 0.251 e. The first-order valence-corrected chi connectivity index (χ1v) is 7.27. The first-order chi connectivity index (χ1) is 9.21. The van der Waals surface area contributed by atoms with Crippen molar-refractivity contribution < 1.29 is 4.79 Å². The van der Waals surface area contributed by atoms with Gasteiger partial charge in [0, 0.05) is 12.1 Å². The number of aryl methyl sites for hydroxylation is 1. The third kappa shape index (κ3) is 3.16. The summed E-state index contributed by atoms with van der Waals surface area (Å²) in [6, 6.07) is 7.82. The molecule has 1 saturated carbocycles. The number of amides is 1. The first kappa shape index (κ1) is 14.1. The van der Waals surface area contributed by atoms with Gasteiger partial charge in [-0.05, 0) is 42.9 Å². The lowest BCUT2D eigenvalue weighted by Gasteiger charge is -2.27. The highest BCUT2D eigenvalue weighted by atomic mass is 16.1. The number of rotatable bonds is 5. The van der Waals surface area contributed by atoms with Crippen molar-refractivity contribution >= 4 is 5.91 Å². The van der Waals surface area contributed by atoms with Crippen LogP contribution < -0.4 is 11.1 Å². The highest BCUT2D eigenvalue weighted by molar-refractivity contribution is 5.95. The molecule has 19 heavy (non-hydrogen) atoms. The standard InChI is InChI=1S/C16H24N2O/c1-2-13-7-3-4-8-14(13)15(19)18-12-16(11-17)9-5-6-10-16/h3-4,7-8H,2,5-6,9-12,17H2,1H3,(H,18,19). The molecule has 0 atom stereocenters. The minimum absolute atomic E-state index is 0.0391. The van der Waals surface area contributed by atoms with E-state index < -0.39 is 0 Å². The Hall–Kier alpha value is -1.35. The summed E-state index contributed by atoms with van der Waals surface area (Å²) in [7, 11) is 0. The van der Waals surface area contributed by atoms with E-state index in [0.29, 0.717) is 13.1 Å². The summed E-state index contributed by atoms with van der Waals surface area (Å²) in [4.78, 5) is 12.3. The fourth-order valence-electron chi connectivity index (χ4n) is 2.99. The van der Waals surface area contributed by atoms with E-state index in [1.165, 1.54) is 12.8 Å². The molecular formula is C16H24N2O. The van der Waals surface area contributed by atoms with E-state index in [4.69, 9.17) is 5.73 Å². The van der Waals surface area contributed by atoms with Crippen LogP contribution in [0.1, 0.15) is 48.5 Å². The molecule has 0 heterocycles. The van der Waals surface area contributed by atoms with Crippen LogP contribution in [0.4, 0.5) is 0 Å². The van der Waals surface area contributed by atoms with Gasteiger partial charge in [-0.1, -0.05) is 38.0 Å². The summed E-state index contributed by atoms with van der Waals surface area (Å²) in [5.41, 5.74) is 7.94. The lowest BCUT2D eigenvalue weighted by atomic mass is 9.86. The highest BCUT2D eigenvalue weighted by Gasteiger charge is 2.32. The van der Waals surface area contributed by atoms with E-state index in [-0.39, 0.29) is 11.3 Å². The Morgan fingerprint density at radius 3 is 2.63 bits per heavy atom. The third-order valence-electron chi connectivity index (χ3n) is 4.36. The Kier molecular flexibility index (Phi) is 4.59. The van der Waals surface area contributed by atoms with E-state index >= 15 is 0 Å². The van der Waals surface area contributed by atoms with Gasteiger partial charge in [-0.2, -0.15) is 0 Å². The zero-order valence-corrected chi connectivity index (χ0v) is 11.7. The molecular weight excluding hydrogens is 236 g/mol. The highest BCUT2D eigenvalue weighted by Crippen LogP contribution is 2.36. The van der Waals surface area contributed by atoms with Crippen LogP contribution in [0.25, 0.3) is 0 Å². The molecule has 1 aliphatic carbocycles. The molecule has 0 unspecified atom stereocenters. The number of nitrogens with two attached hydrogens (primary N) is 1. The number of hydrogen-bond acceptors (Lipinski definition) is 2. The minimum Gasteiger partial charge on any atom is -0.351 e. The van der Waals surface area contributed by atoms with Gasteiger partial charge < -0.3 is 11.1 Å². The van der Waals surface area contributed by atoms with Gasteiger partial charge in [-0.25, -0.2) is 0 Å². The van der Waals surface area contributed by atoms with Crippen LogP contribution in [-0.4, -0.2) is 19.0 Å². The van der Waals surface area contributed by atoms with Crippen LogP contribution in [0.5, 0.6) is 0 Å². The van der Waals surface area contributed by atoms with E-state index in [1.54, 1.807) is 0 Å². The molecule has 0 aromatic heterocycles. The molecule has 0 radical (unpaired) electrons. The summed E-state index contributed by atoms with van der Waals surface area (Å²) in [6.07, 6.45) is 5.63. The lowest BCUT2D eigenvalue weighted by molar-refractivity contribution is 0.0931. The van der Waals surface area contributed by atoms with Crippen molar-refractivity contribution in [3.63, 3.8) is 0 Å². The topological polar surface area (TPSA) is 55.1 Å². The molecule has 2 rings (SSSR count). The molecule has 0 aliphatic heterocycles. The molecule has 1 aliphatic rings. The summed E-state index contributed by atoms with van der Waals surface area (Å²) >= 11 is 0. The molecule has 0 spiro atoms. The molecule has 3 heteroatoms. The second-order valence-corrected chi connectivity index (χ2v) is 5.60. The van der Waals surface area contributed by atoms with Crippen molar-refractivity contribution in [3.8, 4) is 0 Å². The quantitative estimate of drug-likeness (QED) is 0.854. The zero-order chi connectivity index (χ0) is 13.7. The van der Waals surface area contributed by atoms with E-state index in [1.807, 2.05) is 24.3 Å². The summed E-state index contributed by atoms with van der Waals surface area (Å²) < 4.78 is 0. The predicted molar refractivity (Wildman–Crippen MR) is 78.1 cm³/mol. The molecule has 104 valence electrons. The van der Waals surface area contributed by atoms with Gasteiger partial charge in [0.15, 0.2) is 0 Å². The van der Waals surface area contributed by atoms with Crippen molar-refractivity contribution in [2.24, 2.45) is 11.1 Å². The molecule has 0 bridgehead atoms. The Balaban J connectivity index is 2.01. The van der Waals surface area contributed by atoms with Crippen molar-refractivity contribution in [1.29, 1.82) is 0 Å². The van der Waals surface area contributed by atoms with Gasteiger partial charge in [0.2, 0.25) is 0 Å². The van der Waals surface area contributed by atoms with Gasteiger partial charge in [0.1, 0.15) is 0 Å². The van der Waals surface area contributed by atoms with Gasteiger partial charge in [-0.15, -0.1) is 0 Å². The zero-order valence-electron chi connectivity index (χ0n) is 11.7. The first-order valence-electron chi connectivity index (χ1n) is 7.27. The minimum atomic E-state index is 0.0391. The fourth-order valence-corrected chi connectivity index (χ4v) is 2.99. The lowest BCUT2D eigenvalue weighted by Crippen LogP contribution is -2.40. The maximum atomic E-state index is 12.3. The Morgan fingerprint density at radius 2 is 2.00 bits per heavy atom. The molecule has 1 amide bonds. The number of nitrogens with one attached hydrogen (secondary N) is 1. The third-order valence-corrected chi connectivity index (χ3v) is 4.36. The predicted octanol–water partition coefficient (Wildman–Crippen LogP) is 2.50. The average Bonchev–Trinajstić information content (AvgIpc) is 2.94. The van der Waals surface area contributed by atoms with Crippen molar-refractivity contribution in [1.82, 2.24) is 5.32 Å². The van der Waals surface area contributed by atoms with Crippen molar-refractivity contribution in [2.45, 2.75) is 39.0 Å². The van der Waals surface area contributed by atoms with Gasteiger partial charge in [-0.3, -0.25) is 4.79 Å². The maximum absolute atomic E-state index is 12.3. The van der Waals surface area contributed by atoms with Crippen molar-refractivity contribution in [2.75, 3.05) is 13.1 Å². The van der Waals surface area contributed by atoms with Crippen LogP contribution >= 0.6 is 0 Å². The van der Waals surface area contributed by atoms with Crippen LogP contribution in [0.2, 0.25) is 0 Å². The number of benzene rings is 1. The van der Waals surface area contributed by atoms with Crippen LogP contribution in [0.15, 0.2) is 24.3 Å². The summed E-state index contributed by atoms with van der Waals surface area (Å²) in [6.45, 7) is 3.45. The number of carbonyl (C=O) groups is 1. The monoisotopic (exact) mass is 260 g/mol. The SMILES string of the molecule is CCc1ccccc1C(=O)NCC1(CN)CCCC1. The summed E-state index contributed by atoms with van der Waals surface area (Å²) in [5.74, 6) is 0.0391. The Bertz CT molecular complexity index is 436. The van der Waals surface area contributed by atoms with E-state index in [9.17, 15) is 4.79 Å². The Morgan fingerprint density at radius 1 is 1.32 bits per heavy atom. The van der Waals surface area contributed by atoms with Gasteiger partial charge >= 0.3 is 0 Å². The molecule has 1 fully saturated rings. The molecule has 1 aromatic carbocycles. The maximum Gasteiger partial charge on any atom is 0.251 e. The summed E-state index contributed by atoms with van der Waals surface area (Å²) in [5, 5.41) is 3.09. The van der Waals surface area contributed by atoms with Crippen LogP contribution in [-0.2, 0) is 6.42 Å². The van der Waals surface area contributed by atoms with Crippen LogP contribution in [0.3, 0.4) is 0 Å². The molecule has 3 nitrogen and oxygen atoms in total. The average molecular weight is 260 g/mol. The fraction of sp³-hybridized carbons (Fsp3) is 0.562. The van der Waals surface area contributed by atoms with Crippen molar-refractivity contribution in [3.05, 3.63) is 35.4 Å². The second kappa shape index (κ2) is 6.20. The van der Waals surface area contributed by atoms with E-state index in [2.05, 4.69) is 12.2 Å². The second-order valence-electron chi connectivity index (χ2n) is 5.60.